The lowest BCUT2D eigenvalue weighted by Gasteiger charge is -2.39. The SMILES string of the molecule is CC(O)C(=O)N1CC[C@H](Oc2ccc(-c3ncnc(Nc4ccc(N5CCN(CC6COC6)CC5)cc4)n3)cc2C#N)[C@H](F)C1. The molecule has 236 valence electrons. The molecule has 12 nitrogen and oxygen atoms in total. The number of hydrogen-bond donors (Lipinski definition) is 2. The normalized spacial score (nSPS) is 21.5. The quantitative estimate of drug-likeness (QED) is 0.367. The number of benzene rings is 2. The van der Waals surface area contributed by atoms with Gasteiger partial charge in [0, 0.05) is 68.5 Å². The Kier molecular flexibility index (Phi) is 9.34. The second-order valence-electron chi connectivity index (χ2n) is 11.7. The molecule has 0 aliphatic carbocycles. The van der Waals surface area contributed by atoms with E-state index in [9.17, 15) is 19.6 Å². The summed E-state index contributed by atoms with van der Waals surface area (Å²) in [6.07, 6.45) is -1.82. The molecule has 1 aromatic heterocycles. The summed E-state index contributed by atoms with van der Waals surface area (Å²) in [5.41, 5.74) is 2.80. The van der Waals surface area contributed by atoms with Gasteiger partial charge in [-0.25, -0.2) is 14.4 Å². The van der Waals surface area contributed by atoms with E-state index in [2.05, 4.69) is 48.3 Å². The van der Waals surface area contributed by atoms with Crippen LogP contribution in [0.3, 0.4) is 0 Å². The third-order valence-corrected chi connectivity index (χ3v) is 8.44. The van der Waals surface area contributed by atoms with Gasteiger partial charge in [-0.15, -0.1) is 0 Å². The fourth-order valence-corrected chi connectivity index (χ4v) is 5.83. The first-order chi connectivity index (χ1) is 21.9. The molecular weight excluding hydrogens is 579 g/mol. The minimum Gasteiger partial charge on any atom is -0.486 e. The summed E-state index contributed by atoms with van der Waals surface area (Å²) < 4.78 is 26.1. The van der Waals surface area contributed by atoms with E-state index >= 15 is 0 Å². The van der Waals surface area contributed by atoms with Gasteiger partial charge in [0.05, 0.1) is 25.3 Å². The molecule has 3 aliphatic rings. The Morgan fingerprint density at radius 1 is 1.16 bits per heavy atom. The number of ether oxygens (including phenoxy) is 2. The van der Waals surface area contributed by atoms with E-state index in [0.29, 0.717) is 23.3 Å². The van der Waals surface area contributed by atoms with Crippen molar-refractivity contribution in [3.05, 3.63) is 54.4 Å². The molecule has 1 amide bonds. The third-order valence-electron chi connectivity index (χ3n) is 8.44. The van der Waals surface area contributed by atoms with Crippen LogP contribution in [0, 0.1) is 17.2 Å². The van der Waals surface area contributed by atoms with Gasteiger partial charge in [-0.2, -0.15) is 10.2 Å². The van der Waals surface area contributed by atoms with Gasteiger partial charge in [0.2, 0.25) is 5.95 Å². The van der Waals surface area contributed by atoms with Crippen LogP contribution in [0.15, 0.2) is 48.8 Å². The molecule has 0 saturated carbocycles. The predicted molar refractivity (Wildman–Crippen MR) is 165 cm³/mol. The Labute approximate surface area is 261 Å². The van der Waals surface area contributed by atoms with Crippen LogP contribution in [-0.2, 0) is 9.53 Å². The number of amides is 1. The van der Waals surface area contributed by atoms with Crippen molar-refractivity contribution in [2.24, 2.45) is 5.92 Å². The van der Waals surface area contributed by atoms with Crippen LogP contribution >= 0.6 is 0 Å². The average Bonchev–Trinajstić information content (AvgIpc) is 3.04. The second kappa shape index (κ2) is 13.7. The van der Waals surface area contributed by atoms with Gasteiger partial charge in [-0.3, -0.25) is 9.69 Å². The van der Waals surface area contributed by atoms with Crippen molar-refractivity contribution in [3.8, 4) is 23.2 Å². The van der Waals surface area contributed by atoms with Crippen LogP contribution in [0.2, 0.25) is 0 Å². The molecule has 1 unspecified atom stereocenters. The number of halogens is 1. The summed E-state index contributed by atoms with van der Waals surface area (Å²) >= 11 is 0. The van der Waals surface area contributed by atoms with Crippen LogP contribution in [0.5, 0.6) is 5.75 Å². The molecule has 3 aliphatic heterocycles. The molecule has 3 saturated heterocycles. The van der Waals surface area contributed by atoms with E-state index in [1.807, 2.05) is 12.1 Å². The Hall–Kier alpha value is -4.38. The largest absolute Gasteiger partial charge is 0.486 e. The van der Waals surface area contributed by atoms with Gasteiger partial charge in [0.1, 0.15) is 30.4 Å². The number of nitrogens with one attached hydrogen (secondary N) is 1. The topological polar surface area (TPSA) is 140 Å². The van der Waals surface area contributed by atoms with Gasteiger partial charge >= 0.3 is 0 Å². The highest BCUT2D eigenvalue weighted by Gasteiger charge is 2.34. The number of hydrogen-bond acceptors (Lipinski definition) is 11. The maximum absolute atomic E-state index is 14.9. The summed E-state index contributed by atoms with van der Waals surface area (Å²) in [5, 5.41) is 22.6. The number of anilines is 3. The zero-order valence-corrected chi connectivity index (χ0v) is 25.2. The smallest absolute Gasteiger partial charge is 0.251 e. The van der Waals surface area contributed by atoms with E-state index < -0.39 is 24.3 Å². The summed E-state index contributed by atoms with van der Waals surface area (Å²) in [5.74, 6) is 1.14. The van der Waals surface area contributed by atoms with Crippen molar-refractivity contribution in [1.82, 2.24) is 24.8 Å². The lowest BCUT2D eigenvalue weighted by molar-refractivity contribution is -0.143. The monoisotopic (exact) mass is 616 g/mol. The molecule has 3 fully saturated rings. The highest BCUT2D eigenvalue weighted by atomic mass is 19.1. The standard InChI is InChI=1S/C32H37FN8O4/c1-21(42)31(43)41-9-8-29(27(33)17-41)45-28-7-2-23(14-24(28)15-34)30-35-20-36-32(38-30)37-25-3-5-26(6-4-25)40-12-10-39(11-13-40)16-22-18-44-19-22/h2-7,14,20-22,27,29,42H,8-13,16-19H2,1H3,(H,35,36,37,38)/t21?,27-,29+/m1/s1. The molecular formula is C32H37FN8O4. The molecule has 4 heterocycles. The number of piperazine rings is 1. The van der Waals surface area contributed by atoms with Crippen molar-refractivity contribution in [3.63, 3.8) is 0 Å². The Morgan fingerprint density at radius 3 is 2.60 bits per heavy atom. The minimum atomic E-state index is -1.46. The first-order valence-electron chi connectivity index (χ1n) is 15.3. The molecule has 0 radical (unpaired) electrons. The lowest BCUT2D eigenvalue weighted by atomic mass is 10.0. The van der Waals surface area contributed by atoms with Gasteiger partial charge in [-0.05, 0) is 49.4 Å². The summed E-state index contributed by atoms with van der Waals surface area (Å²) in [4.78, 5) is 31.3. The molecule has 6 rings (SSSR count). The van der Waals surface area contributed by atoms with Crippen LogP contribution in [0.4, 0.5) is 21.7 Å². The van der Waals surface area contributed by atoms with Crippen LogP contribution in [-0.4, -0.2) is 113 Å². The maximum atomic E-state index is 14.9. The molecule has 0 bridgehead atoms. The van der Waals surface area contributed by atoms with Crippen molar-refractivity contribution >= 4 is 23.2 Å². The number of carbonyl (C=O) groups is 1. The number of likely N-dealkylation sites (tertiary alicyclic amines) is 1. The summed E-state index contributed by atoms with van der Waals surface area (Å²) in [7, 11) is 0. The number of piperidine rings is 1. The number of aliphatic hydroxyl groups excluding tert-OH is 1. The Balaban J connectivity index is 1.06. The van der Waals surface area contributed by atoms with Gasteiger partial charge in [0.25, 0.3) is 5.91 Å². The lowest BCUT2D eigenvalue weighted by Crippen LogP contribution is -2.51. The first kappa shape index (κ1) is 30.6. The third kappa shape index (κ3) is 7.30. The highest BCUT2D eigenvalue weighted by Crippen LogP contribution is 2.29. The fourth-order valence-electron chi connectivity index (χ4n) is 5.83. The molecule has 45 heavy (non-hydrogen) atoms. The minimum absolute atomic E-state index is 0.175. The number of alkyl halides is 1. The molecule has 3 atom stereocenters. The number of carbonyl (C=O) groups excluding carboxylic acids is 1. The molecule has 3 aromatic rings. The molecule has 2 N–H and O–H groups in total. The number of aliphatic hydroxyl groups is 1. The van der Waals surface area contributed by atoms with Gasteiger partial charge < -0.3 is 29.7 Å². The average molecular weight is 617 g/mol. The summed E-state index contributed by atoms with van der Waals surface area (Å²) in [6.45, 7) is 8.42. The number of nitrogens with zero attached hydrogens (tertiary/aromatic N) is 7. The fraction of sp³-hybridized carbons (Fsp3) is 0.469. The van der Waals surface area contributed by atoms with E-state index in [1.54, 1.807) is 18.2 Å². The second-order valence-corrected chi connectivity index (χ2v) is 11.7. The van der Waals surface area contributed by atoms with Crippen molar-refractivity contribution < 1.29 is 23.8 Å². The van der Waals surface area contributed by atoms with Gasteiger partial charge in [-0.1, -0.05) is 0 Å². The zero-order chi connectivity index (χ0) is 31.3. The molecule has 0 spiro atoms. The zero-order valence-electron chi connectivity index (χ0n) is 25.2. The van der Waals surface area contributed by atoms with E-state index in [4.69, 9.17) is 9.47 Å². The Bertz CT molecular complexity index is 1520. The van der Waals surface area contributed by atoms with Crippen LogP contribution in [0.1, 0.15) is 18.9 Å². The van der Waals surface area contributed by atoms with E-state index in [-0.39, 0.29) is 30.8 Å². The van der Waals surface area contributed by atoms with Crippen LogP contribution < -0.4 is 15.0 Å². The molecule has 13 heteroatoms. The van der Waals surface area contributed by atoms with Crippen molar-refractivity contribution in [1.29, 1.82) is 5.26 Å². The Morgan fingerprint density at radius 2 is 1.93 bits per heavy atom. The maximum Gasteiger partial charge on any atom is 0.251 e. The van der Waals surface area contributed by atoms with Crippen molar-refractivity contribution in [2.45, 2.75) is 31.7 Å². The number of nitriles is 1. The molecule has 2 aromatic carbocycles. The number of rotatable bonds is 9. The first-order valence-corrected chi connectivity index (χ1v) is 15.3. The highest BCUT2D eigenvalue weighted by molar-refractivity contribution is 5.80. The summed E-state index contributed by atoms with van der Waals surface area (Å²) in [6, 6.07) is 15.2. The van der Waals surface area contributed by atoms with E-state index in [1.165, 1.54) is 23.8 Å². The van der Waals surface area contributed by atoms with Crippen LogP contribution in [0.25, 0.3) is 11.4 Å². The van der Waals surface area contributed by atoms with E-state index in [0.717, 1.165) is 51.6 Å². The van der Waals surface area contributed by atoms with Gasteiger partial charge in [0.15, 0.2) is 12.0 Å². The van der Waals surface area contributed by atoms with Crippen molar-refractivity contribution in [2.75, 3.05) is 69.2 Å². The predicted octanol–water partition coefficient (Wildman–Crippen LogP) is 2.62. The number of aromatic nitrogens is 3.